The monoisotopic (exact) mass is 255 g/mol. The van der Waals surface area contributed by atoms with Crippen molar-refractivity contribution in [2.75, 3.05) is 13.7 Å². The molecule has 3 rings (SSSR count). The highest BCUT2D eigenvalue weighted by atomic mass is 16.5. The van der Waals surface area contributed by atoms with Crippen LogP contribution in [-0.4, -0.2) is 28.5 Å². The van der Waals surface area contributed by atoms with E-state index in [-0.39, 0.29) is 0 Å². The van der Waals surface area contributed by atoms with Gasteiger partial charge in [-0.1, -0.05) is 12.1 Å². The van der Waals surface area contributed by atoms with E-state index >= 15 is 0 Å². The van der Waals surface area contributed by atoms with E-state index in [4.69, 9.17) is 4.74 Å². The summed E-state index contributed by atoms with van der Waals surface area (Å²) < 4.78 is 5.18. The third-order valence-corrected chi connectivity index (χ3v) is 3.52. The van der Waals surface area contributed by atoms with Gasteiger partial charge in [-0.05, 0) is 29.7 Å². The third kappa shape index (κ3) is 2.74. The van der Waals surface area contributed by atoms with E-state index < -0.39 is 0 Å². The van der Waals surface area contributed by atoms with Crippen LogP contribution in [0.1, 0.15) is 16.8 Å². The predicted octanol–water partition coefficient (Wildman–Crippen LogP) is 2.04. The lowest BCUT2D eigenvalue weighted by Crippen LogP contribution is -2.30. The second-order valence-corrected chi connectivity index (χ2v) is 4.80. The molecule has 0 spiro atoms. The van der Waals surface area contributed by atoms with Gasteiger partial charge in [0, 0.05) is 25.8 Å². The molecule has 0 saturated heterocycles. The minimum atomic E-state index is 0.903. The van der Waals surface area contributed by atoms with E-state index in [1.807, 2.05) is 18.3 Å². The first-order valence-electron chi connectivity index (χ1n) is 6.48. The molecule has 1 aliphatic rings. The minimum absolute atomic E-state index is 0.903. The van der Waals surface area contributed by atoms with E-state index in [0.717, 1.165) is 37.5 Å². The fourth-order valence-corrected chi connectivity index (χ4v) is 2.43. The molecule has 0 radical (unpaired) electrons. The standard InChI is InChI=1S/C15H17N3O/c1-19-14-4-2-12(3-5-14)9-18-7-6-13-8-16-11-17-15(13)10-18/h2-5,8,11H,6-7,9-10H2,1H3. The van der Waals surface area contributed by atoms with E-state index in [1.165, 1.54) is 11.1 Å². The van der Waals surface area contributed by atoms with E-state index in [2.05, 4.69) is 27.0 Å². The van der Waals surface area contributed by atoms with Crippen molar-refractivity contribution in [2.45, 2.75) is 19.5 Å². The first-order valence-corrected chi connectivity index (χ1v) is 6.48. The molecule has 1 aliphatic heterocycles. The topological polar surface area (TPSA) is 38.2 Å². The Morgan fingerprint density at radius 2 is 2.11 bits per heavy atom. The highest BCUT2D eigenvalue weighted by Gasteiger charge is 2.17. The maximum Gasteiger partial charge on any atom is 0.118 e. The normalized spacial score (nSPS) is 15.0. The van der Waals surface area contributed by atoms with E-state index in [1.54, 1.807) is 13.4 Å². The fourth-order valence-electron chi connectivity index (χ4n) is 2.43. The van der Waals surface area contributed by atoms with Crippen molar-refractivity contribution < 1.29 is 4.74 Å². The lowest BCUT2D eigenvalue weighted by molar-refractivity contribution is 0.241. The van der Waals surface area contributed by atoms with Crippen LogP contribution in [0.2, 0.25) is 0 Å². The molecular formula is C15H17N3O. The molecule has 1 aromatic carbocycles. The molecule has 4 heteroatoms. The largest absolute Gasteiger partial charge is 0.497 e. The zero-order valence-electron chi connectivity index (χ0n) is 11.0. The van der Waals surface area contributed by atoms with Gasteiger partial charge in [0.2, 0.25) is 0 Å². The number of nitrogens with zero attached hydrogens (tertiary/aromatic N) is 3. The minimum Gasteiger partial charge on any atom is -0.497 e. The van der Waals surface area contributed by atoms with Crippen LogP contribution in [0.4, 0.5) is 0 Å². The van der Waals surface area contributed by atoms with Crippen molar-refractivity contribution >= 4 is 0 Å². The highest BCUT2D eigenvalue weighted by Crippen LogP contribution is 2.19. The number of ether oxygens (including phenoxy) is 1. The van der Waals surface area contributed by atoms with Gasteiger partial charge in [0.15, 0.2) is 0 Å². The molecule has 2 heterocycles. The number of hydrogen-bond donors (Lipinski definition) is 0. The number of hydrogen-bond acceptors (Lipinski definition) is 4. The Balaban J connectivity index is 1.68. The molecule has 0 saturated carbocycles. The second-order valence-electron chi connectivity index (χ2n) is 4.80. The van der Waals surface area contributed by atoms with E-state index in [0.29, 0.717) is 0 Å². The first kappa shape index (κ1) is 12.1. The summed E-state index contributed by atoms with van der Waals surface area (Å²) in [5, 5.41) is 0. The Morgan fingerprint density at radius 1 is 1.26 bits per heavy atom. The fraction of sp³-hybridized carbons (Fsp3) is 0.333. The smallest absolute Gasteiger partial charge is 0.118 e. The van der Waals surface area contributed by atoms with Crippen molar-refractivity contribution in [3.8, 4) is 5.75 Å². The van der Waals surface area contributed by atoms with Gasteiger partial charge in [0.1, 0.15) is 12.1 Å². The quantitative estimate of drug-likeness (QED) is 0.841. The van der Waals surface area contributed by atoms with Crippen LogP contribution < -0.4 is 4.74 Å². The van der Waals surface area contributed by atoms with E-state index in [9.17, 15) is 0 Å². The van der Waals surface area contributed by atoms with Gasteiger partial charge in [-0.3, -0.25) is 4.90 Å². The van der Waals surface area contributed by atoms with Crippen LogP contribution in [0.5, 0.6) is 5.75 Å². The molecule has 19 heavy (non-hydrogen) atoms. The summed E-state index contributed by atoms with van der Waals surface area (Å²) in [4.78, 5) is 10.9. The number of rotatable bonds is 3. The molecule has 98 valence electrons. The van der Waals surface area contributed by atoms with Crippen LogP contribution in [0, 0.1) is 0 Å². The summed E-state index contributed by atoms with van der Waals surface area (Å²) in [5.41, 5.74) is 3.75. The van der Waals surface area contributed by atoms with Gasteiger partial charge in [-0.15, -0.1) is 0 Å². The van der Waals surface area contributed by atoms with Crippen molar-refractivity contribution in [3.63, 3.8) is 0 Å². The molecule has 0 atom stereocenters. The number of methoxy groups -OCH3 is 1. The predicted molar refractivity (Wildman–Crippen MR) is 72.8 cm³/mol. The van der Waals surface area contributed by atoms with Crippen LogP contribution in [0.3, 0.4) is 0 Å². The molecule has 0 aliphatic carbocycles. The first-order chi connectivity index (χ1) is 9.35. The summed E-state index contributed by atoms with van der Waals surface area (Å²) in [6.07, 6.45) is 4.61. The maximum atomic E-state index is 5.18. The van der Waals surface area contributed by atoms with Gasteiger partial charge in [0.25, 0.3) is 0 Å². The third-order valence-electron chi connectivity index (χ3n) is 3.52. The summed E-state index contributed by atoms with van der Waals surface area (Å²) in [6.45, 7) is 2.92. The number of fused-ring (bicyclic) bond motifs is 1. The molecule has 0 N–H and O–H groups in total. The SMILES string of the molecule is COc1ccc(CN2CCc3cncnc3C2)cc1. The molecule has 0 amide bonds. The summed E-state index contributed by atoms with van der Waals surface area (Å²) in [5.74, 6) is 0.903. The molecule has 1 aromatic heterocycles. The van der Waals surface area contributed by atoms with Crippen LogP contribution in [-0.2, 0) is 19.5 Å². The van der Waals surface area contributed by atoms with Gasteiger partial charge >= 0.3 is 0 Å². The molecule has 0 fully saturated rings. The Kier molecular flexibility index (Phi) is 3.42. The van der Waals surface area contributed by atoms with Crippen molar-refractivity contribution in [3.05, 3.63) is 53.6 Å². The lowest BCUT2D eigenvalue weighted by Gasteiger charge is -2.27. The average Bonchev–Trinajstić information content (AvgIpc) is 2.48. The highest BCUT2D eigenvalue weighted by molar-refractivity contribution is 5.27. The Labute approximate surface area is 113 Å². The number of aromatic nitrogens is 2. The van der Waals surface area contributed by atoms with Crippen LogP contribution in [0.25, 0.3) is 0 Å². The number of benzene rings is 1. The maximum absolute atomic E-state index is 5.18. The zero-order valence-corrected chi connectivity index (χ0v) is 11.0. The molecular weight excluding hydrogens is 238 g/mol. The molecule has 0 unspecified atom stereocenters. The lowest BCUT2D eigenvalue weighted by atomic mass is 10.1. The molecule has 2 aromatic rings. The average molecular weight is 255 g/mol. The Bertz CT molecular complexity index is 554. The molecule has 0 bridgehead atoms. The van der Waals surface area contributed by atoms with Gasteiger partial charge in [-0.25, -0.2) is 9.97 Å². The summed E-state index contributed by atoms with van der Waals surface area (Å²) >= 11 is 0. The van der Waals surface area contributed by atoms with Crippen molar-refractivity contribution in [1.82, 2.24) is 14.9 Å². The van der Waals surface area contributed by atoms with Crippen molar-refractivity contribution in [2.24, 2.45) is 0 Å². The van der Waals surface area contributed by atoms with Gasteiger partial charge in [-0.2, -0.15) is 0 Å². The van der Waals surface area contributed by atoms with Gasteiger partial charge < -0.3 is 4.74 Å². The van der Waals surface area contributed by atoms with Crippen molar-refractivity contribution in [1.29, 1.82) is 0 Å². The summed E-state index contributed by atoms with van der Waals surface area (Å²) in [7, 11) is 1.69. The zero-order chi connectivity index (χ0) is 13.1. The van der Waals surface area contributed by atoms with Crippen LogP contribution >= 0.6 is 0 Å². The second kappa shape index (κ2) is 5.36. The summed E-state index contributed by atoms with van der Waals surface area (Å²) in [6, 6.07) is 8.26. The Morgan fingerprint density at radius 3 is 2.89 bits per heavy atom. The molecule has 4 nitrogen and oxygen atoms in total. The Hall–Kier alpha value is -1.94. The van der Waals surface area contributed by atoms with Gasteiger partial charge in [0.05, 0.1) is 12.8 Å². The van der Waals surface area contributed by atoms with Crippen LogP contribution in [0.15, 0.2) is 36.8 Å².